The molecule has 3 aromatic rings. The van der Waals surface area contributed by atoms with Crippen LogP contribution in [0.3, 0.4) is 0 Å². The molecular weight excluding hydrogens is 364 g/mol. The molecule has 5 rings (SSSR count). The Balaban J connectivity index is 1.26. The maximum absolute atomic E-state index is 12.8. The van der Waals surface area contributed by atoms with Crippen molar-refractivity contribution in [2.24, 2.45) is 0 Å². The Labute approximate surface area is 160 Å². The standard InChI is InChI=1S/C19H20N4O5/c24-18(10-22-14-4-1-2-5-15(14)28-19(22)25)21-8-16-17(9-21)27-12-13(11-26-16)23-7-3-6-20-23/h1-7,13,16-17H,8-12H2/t16-,17-/m0/s1. The third-order valence-corrected chi connectivity index (χ3v) is 5.34. The summed E-state index contributed by atoms with van der Waals surface area (Å²) in [5.74, 6) is -0.685. The van der Waals surface area contributed by atoms with E-state index in [4.69, 9.17) is 13.9 Å². The number of oxazole rings is 1. The number of carbonyl (C=O) groups is 1. The number of fused-ring (bicyclic) bond motifs is 2. The summed E-state index contributed by atoms with van der Waals surface area (Å²) in [6, 6.07) is 8.97. The molecule has 9 heteroatoms. The number of para-hydroxylation sites is 2. The van der Waals surface area contributed by atoms with Gasteiger partial charge in [0.15, 0.2) is 5.58 Å². The molecule has 0 unspecified atom stereocenters. The highest BCUT2D eigenvalue weighted by molar-refractivity contribution is 5.80. The highest BCUT2D eigenvalue weighted by Crippen LogP contribution is 2.24. The van der Waals surface area contributed by atoms with Gasteiger partial charge in [0.2, 0.25) is 5.91 Å². The fourth-order valence-corrected chi connectivity index (χ4v) is 3.83. The summed E-state index contributed by atoms with van der Waals surface area (Å²) >= 11 is 0. The molecule has 0 radical (unpaired) electrons. The van der Waals surface area contributed by atoms with Crippen molar-refractivity contribution in [3.05, 3.63) is 53.3 Å². The van der Waals surface area contributed by atoms with Crippen LogP contribution in [-0.2, 0) is 20.8 Å². The number of rotatable bonds is 3. The van der Waals surface area contributed by atoms with E-state index < -0.39 is 5.76 Å². The predicted molar refractivity (Wildman–Crippen MR) is 97.8 cm³/mol. The number of hydrogen-bond donors (Lipinski definition) is 0. The average molecular weight is 384 g/mol. The number of likely N-dealkylation sites (tertiary alicyclic amines) is 1. The van der Waals surface area contributed by atoms with Gasteiger partial charge in [0.1, 0.15) is 18.8 Å². The van der Waals surface area contributed by atoms with Crippen LogP contribution in [0, 0.1) is 0 Å². The SMILES string of the molecule is O=C(Cn1c(=O)oc2ccccc21)N1C[C@@H]2OCC(n3cccn3)CO[C@H]2C1. The summed E-state index contributed by atoms with van der Waals surface area (Å²) in [6.45, 7) is 1.79. The molecule has 0 aliphatic carbocycles. The van der Waals surface area contributed by atoms with Gasteiger partial charge in [-0.05, 0) is 18.2 Å². The minimum absolute atomic E-state index is 0.0284. The van der Waals surface area contributed by atoms with Crippen molar-refractivity contribution in [2.75, 3.05) is 26.3 Å². The van der Waals surface area contributed by atoms with Gasteiger partial charge in [0.05, 0.1) is 24.8 Å². The Bertz CT molecular complexity index is 1020. The molecule has 1 aromatic carbocycles. The fourth-order valence-electron chi connectivity index (χ4n) is 3.83. The van der Waals surface area contributed by atoms with Gasteiger partial charge in [0.25, 0.3) is 0 Å². The van der Waals surface area contributed by atoms with E-state index in [1.54, 1.807) is 29.3 Å². The zero-order chi connectivity index (χ0) is 19.1. The third-order valence-electron chi connectivity index (χ3n) is 5.34. The lowest BCUT2D eigenvalue weighted by Gasteiger charge is -2.19. The topological polar surface area (TPSA) is 91.7 Å². The molecule has 0 bridgehead atoms. The number of hydrogen-bond acceptors (Lipinski definition) is 6. The van der Waals surface area contributed by atoms with Gasteiger partial charge in [0, 0.05) is 25.5 Å². The number of benzene rings is 1. The normalized spacial score (nSPS) is 23.1. The minimum atomic E-state index is -0.530. The lowest BCUT2D eigenvalue weighted by atomic mass is 10.3. The zero-order valence-electron chi connectivity index (χ0n) is 15.1. The van der Waals surface area contributed by atoms with E-state index >= 15 is 0 Å². The Hall–Kier alpha value is -2.91. The van der Waals surface area contributed by atoms with Crippen molar-refractivity contribution >= 4 is 17.0 Å². The van der Waals surface area contributed by atoms with Gasteiger partial charge < -0.3 is 18.8 Å². The lowest BCUT2D eigenvalue weighted by Crippen LogP contribution is -2.35. The number of ether oxygens (including phenoxy) is 2. The van der Waals surface area contributed by atoms with Crippen LogP contribution in [0.4, 0.5) is 0 Å². The van der Waals surface area contributed by atoms with E-state index in [9.17, 15) is 9.59 Å². The summed E-state index contributed by atoms with van der Waals surface area (Å²) < 4.78 is 20.4. The molecule has 2 saturated heterocycles. The van der Waals surface area contributed by atoms with Gasteiger partial charge >= 0.3 is 5.76 Å². The van der Waals surface area contributed by atoms with Crippen LogP contribution in [0.2, 0.25) is 0 Å². The van der Waals surface area contributed by atoms with E-state index in [1.165, 1.54) is 4.57 Å². The first kappa shape index (κ1) is 17.2. The van der Waals surface area contributed by atoms with E-state index in [-0.39, 0.29) is 30.7 Å². The van der Waals surface area contributed by atoms with E-state index in [2.05, 4.69) is 5.10 Å². The van der Waals surface area contributed by atoms with Crippen LogP contribution in [0.1, 0.15) is 6.04 Å². The van der Waals surface area contributed by atoms with Crippen LogP contribution in [0.25, 0.3) is 11.1 Å². The van der Waals surface area contributed by atoms with E-state index in [0.717, 1.165) is 0 Å². The zero-order valence-corrected chi connectivity index (χ0v) is 15.1. The molecule has 2 aliphatic rings. The summed E-state index contributed by atoms with van der Waals surface area (Å²) in [5.41, 5.74) is 1.09. The molecule has 28 heavy (non-hydrogen) atoms. The van der Waals surface area contributed by atoms with Gasteiger partial charge in [-0.3, -0.25) is 14.0 Å². The maximum atomic E-state index is 12.8. The molecule has 0 N–H and O–H groups in total. The summed E-state index contributed by atoms with van der Waals surface area (Å²) in [5, 5.41) is 4.24. The number of amides is 1. The first-order valence-electron chi connectivity index (χ1n) is 9.27. The maximum Gasteiger partial charge on any atom is 0.420 e. The van der Waals surface area contributed by atoms with E-state index in [0.29, 0.717) is 37.4 Å². The van der Waals surface area contributed by atoms with Crippen molar-refractivity contribution < 1.29 is 18.7 Å². The lowest BCUT2D eigenvalue weighted by molar-refractivity contribution is -0.131. The van der Waals surface area contributed by atoms with Crippen LogP contribution in [0.15, 0.2) is 51.9 Å². The molecule has 9 nitrogen and oxygen atoms in total. The van der Waals surface area contributed by atoms with Crippen LogP contribution in [0.5, 0.6) is 0 Å². The van der Waals surface area contributed by atoms with Crippen molar-refractivity contribution in [1.82, 2.24) is 19.2 Å². The highest BCUT2D eigenvalue weighted by Gasteiger charge is 2.39. The van der Waals surface area contributed by atoms with Crippen LogP contribution in [-0.4, -0.2) is 63.7 Å². The Morgan fingerprint density at radius 2 is 1.86 bits per heavy atom. The summed E-state index contributed by atoms with van der Waals surface area (Å²) in [6.07, 6.45) is 3.26. The molecule has 0 spiro atoms. The molecule has 0 saturated carbocycles. The van der Waals surface area contributed by atoms with Gasteiger partial charge in [-0.15, -0.1) is 0 Å². The van der Waals surface area contributed by atoms with Gasteiger partial charge in [-0.1, -0.05) is 12.1 Å². The third kappa shape index (κ3) is 3.02. The molecule has 2 aliphatic heterocycles. The largest absolute Gasteiger partial charge is 0.420 e. The average Bonchev–Trinajstić information content (AvgIpc) is 3.40. The summed E-state index contributed by atoms with van der Waals surface area (Å²) in [4.78, 5) is 26.6. The second kappa shape index (κ2) is 6.92. The van der Waals surface area contributed by atoms with Crippen molar-refractivity contribution in [1.29, 1.82) is 0 Å². The Kier molecular flexibility index (Phi) is 4.25. The summed E-state index contributed by atoms with van der Waals surface area (Å²) in [7, 11) is 0. The Morgan fingerprint density at radius 1 is 1.11 bits per heavy atom. The van der Waals surface area contributed by atoms with Crippen molar-refractivity contribution in [3.8, 4) is 0 Å². The van der Waals surface area contributed by atoms with Crippen LogP contribution >= 0.6 is 0 Å². The number of nitrogens with zero attached hydrogens (tertiary/aromatic N) is 4. The van der Waals surface area contributed by atoms with Crippen molar-refractivity contribution in [2.45, 2.75) is 24.8 Å². The van der Waals surface area contributed by atoms with Gasteiger partial charge in [-0.25, -0.2) is 4.79 Å². The first-order valence-corrected chi connectivity index (χ1v) is 9.27. The molecule has 146 valence electrons. The molecular formula is C19H20N4O5. The predicted octanol–water partition coefficient (Wildman–Crippen LogP) is 0.658. The van der Waals surface area contributed by atoms with E-state index in [1.807, 2.05) is 23.0 Å². The second-order valence-corrected chi connectivity index (χ2v) is 7.10. The Morgan fingerprint density at radius 3 is 2.57 bits per heavy atom. The van der Waals surface area contributed by atoms with Crippen molar-refractivity contribution in [3.63, 3.8) is 0 Å². The smallest absolute Gasteiger partial charge is 0.408 e. The first-order chi connectivity index (χ1) is 13.7. The molecule has 2 atom stereocenters. The monoisotopic (exact) mass is 384 g/mol. The van der Waals surface area contributed by atoms with Gasteiger partial charge in [-0.2, -0.15) is 5.10 Å². The molecule has 1 amide bonds. The quantitative estimate of drug-likeness (QED) is 0.659. The fraction of sp³-hybridized carbons (Fsp3) is 0.421. The number of carbonyl (C=O) groups excluding carboxylic acids is 1. The highest BCUT2D eigenvalue weighted by atomic mass is 16.6. The number of aromatic nitrogens is 3. The minimum Gasteiger partial charge on any atom is -0.408 e. The van der Waals surface area contributed by atoms with Crippen LogP contribution < -0.4 is 5.76 Å². The molecule has 2 aromatic heterocycles. The molecule has 4 heterocycles. The molecule has 2 fully saturated rings. The second-order valence-electron chi connectivity index (χ2n) is 7.10.